The number of nitrogens with one attached hydrogen (secondary N) is 1. The Bertz CT molecular complexity index is 1120. The maximum atomic E-state index is 13.1. The van der Waals surface area contributed by atoms with Gasteiger partial charge in [0.15, 0.2) is 0 Å². The van der Waals surface area contributed by atoms with Gasteiger partial charge in [-0.05, 0) is 36.0 Å². The minimum Gasteiger partial charge on any atom is -0.354 e. The van der Waals surface area contributed by atoms with E-state index in [-0.39, 0.29) is 17.7 Å². The monoisotopic (exact) mass is 461 g/mol. The zero-order valence-electron chi connectivity index (χ0n) is 19.5. The third-order valence-electron chi connectivity index (χ3n) is 6.04. The molecule has 6 heteroatoms. The van der Waals surface area contributed by atoms with Crippen molar-refractivity contribution in [3.63, 3.8) is 0 Å². The fraction of sp³-hybridized carbons (Fsp3) is 0.370. The Balaban J connectivity index is 1.38. The van der Waals surface area contributed by atoms with Crippen LogP contribution in [0.25, 0.3) is 11.3 Å². The first-order valence-electron chi connectivity index (χ1n) is 11.6. The van der Waals surface area contributed by atoms with E-state index in [1.807, 2.05) is 32.9 Å². The van der Waals surface area contributed by atoms with Crippen LogP contribution < -0.4 is 5.32 Å². The van der Waals surface area contributed by atoms with Crippen LogP contribution in [-0.2, 0) is 29.0 Å². The number of rotatable bonds is 7. The van der Waals surface area contributed by atoms with Gasteiger partial charge in [-0.3, -0.25) is 9.59 Å². The molecule has 2 aromatic carbocycles. The van der Waals surface area contributed by atoms with Gasteiger partial charge in [-0.25, -0.2) is 4.98 Å². The molecule has 0 saturated heterocycles. The lowest BCUT2D eigenvalue weighted by atomic mass is 9.92. The van der Waals surface area contributed by atoms with Crippen molar-refractivity contribution in [2.45, 2.75) is 52.6 Å². The molecule has 1 N–H and O–H groups in total. The second-order valence-corrected chi connectivity index (χ2v) is 10.2. The maximum Gasteiger partial charge on any atom is 0.243 e. The van der Waals surface area contributed by atoms with E-state index in [0.29, 0.717) is 25.9 Å². The molecule has 5 nitrogen and oxygen atoms in total. The second kappa shape index (κ2) is 10.3. The van der Waals surface area contributed by atoms with E-state index < -0.39 is 6.04 Å². The largest absolute Gasteiger partial charge is 0.354 e. The molecule has 3 aromatic rings. The van der Waals surface area contributed by atoms with Crippen LogP contribution in [0.4, 0.5) is 0 Å². The van der Waals surface area contributed by atoms with Crippen molar-refractivity contribution in [3.05, 3.63) is 75.6 Å². The standard InChI is InChI=1S/C27H31N3O2S/c1-18(2)14-26(31)30-16-23-7-5-4-6-22(23)15-25(30)27(32)28-13-12-20-8-10-21(11-9-20)24-17-33-19(3)29-24/h4-11,17-18,25H,12-16H2,1-3H3,(H,28,32). The van der Waals surface area contributed by atoms with Crippen LogP contribution in [0.3, 0.4) is 0 Å². The van der Waals surface area contributed by atoms with Crippen molar-refractivity contribution in [1.82, 2.24) is 15.2 Å². The number of nitrogens with zero attached hydrogens (tertiary/aromatic N) is 2. The highest BCUT2D eigenvalue weighted by Gasteiger charge is 2.34. The maximum absolute atomic E-state index is 13.1. The van der Waals surface area contributed by atoms with Gasteiger partial charge in [0.05, 0.1) is 10.7 Å². The third kappa shape index (κ3) is 5.69. The third-order valence-corrected chi connectivity index (χ3v) is 6.81. The van der Waals surface area contributed by atoms with Gasteiger partial charge in [-0.15, -0.1) is 11.3 Å². The van der Waals surface area contributed by atoms with Crippen LogP contribution in [0.1, 0.15) is 42.0 Å². The summed E-state index contributed by atoms with van der Waals surface area (Å²) in [6.07, 6.45) is 1.76. The average molecular weight is 462 g/mol. The van der Waals surface area contributed by atoms with Crippen LogP contribution in [0.2, 0.25) is 0 Å². The summed E-state index contributed by atoms with van der Waals surface area (Å²) in [6.45, 7) is 7.11. The van der Waals surface area contributed by atoms with E-state index >= 15 is 0 Å². The fourth-order valence-corrected chi connectivity index (χ4v) is 4.89. The van der Waals surface area contributed by atoms with Gasteiger partial charge in [0.25, 0.3) is 0 Å². The van der Waals surface area contributed by atoms with Crippen LogP contribution in [0.15, 0.2) is 53.9 Å². The summed E-state index contributed by atoms with van der Waals surface area (Å²) >= 11 is 1.65. The molecule has 0 spiro atoms. The summed E-state index contributed by atoms with van der Waals surface area (Å²) in [4.78, 5) is 32.3. The molecule has 1 aliphatic heterocycles. The molecule has 33 heavy (non-hydrogen) atoms. The number of aromatic nitrogens is 1. The van der Waals surface area contributed by atoms with Crippen molar-refractivity contribution in [3.8, 4) is 11.3 Å². The quantitative estimate of drug-likeness (QED) is 0.551. The molecule has 0 aliphatic carbocycles. The van der Waals surface area contributed by atoms with Crippen molar-refractivity contribution in [2.75, 3.05) is 6.54 Å². The number of thiazole rings is 1. The van der Waals surface area contributed by atoms with Gasteiger partial charge in [0, 0.05) is 36.9 Å². The smallest absolute Gasteiger partial charge is 0.243 e. The number of hydrogen-bond donors (Lipinski definition) is 1. The van der Waals surface area contributed by atoms with Gasteiger partial charge in [0.2, 0.25) is 11.8 Å². The Morgan fingerprint density at radius 3 is 2.52 bits per heavy atom. The summed E-state index contributed by atoms with van der Waals surface area (Å²) < 4.78 is 0. The van der Waals surface area contributed by atoms with E-state index in [9.17, 15) is 9.59 Å². The minimum absolute atomic E-state index is 0.0486. The number of carbonyl (C=O) groups is 2. The summed E-state index contributed by atoms with van der Waals surface area (Å²) in [5, 5.41) is 6.20. The lowest BCUT2D eigenvalue weighted by molar-refractivity contribution is -0.142. The highest BCUT2D eigenvalue weighted by atomic mass is 32.1. The van der Waals surface area contributed by atoms with Gasteiger partial charge in [0.1, 0.15) is 6.04 Å². The summed E-state index contributed by atoms with van der Waals surface area (Å²) in [7, 11) is 0. The fourth-order valence-electron chi connectivity index (χ4n) is 4.27. The average Bonchev–Trinajstić information content (AvgIpc) is 3.24. The molecule has 1 aliphatic rings. The van der Waals surface area contributed by atoms with Crippen LogP contribution >= 0.6 is 11.3 Å². The molecule has 2 heterocycles. The lowest BCUT2D eigenvalue weighted by Gasteiger charge is -2.36. The van der Waals surface area contributed by atoms with Gasteiger partial charge >= 0.3 is 0 Å². The lowest BCUT2D eigenvalue weighted by Crippen LogP contribution is -2.53. The first-order valence-corrected chi connectivity index (χ1v) is 12.4. The number of amides is 2. The molecule has 1 unspecified atom stereocenters. The summed E-state index contributed by atoms with van der Waals surface area (Å²) in [5.74, 6) is 0.234. The summed E-state index contributed by atoms with van der Waals surface area (Å²) in [5.41, 5.74) is 5.55. The zero-order valence-corrected chi connectivity index (χ0v) is 20.3. The topological polar surface area (TPSA) is 62.3 Å². The Hall–Kier alpha value is -2.99. The molecule has 0 bridgehead atoms. The van der Waals surface area contributed by atoms with E-state index in [2.05, 4.69) is 52.1 Å². The SMILES string of the molecule is Cc1nc(-c2ccc(CCNC(=O)C3Cc4ccccc4CN3C(=O)CC(C)C)cc2)cs1. The van der Waals surface area contributed by atoms with Crippen LogP contribution in [-0.4, -0.2) is 34.3 Å². The Morgan fingerprint density at radius 2 is 1.85 bits per heavy atom. The molecule has 0 saturated carbocycles. The van der Waals surface area contributed by atoms with E-state index in [4.69, 9.17) is 0 Å². The molecule has 1 atom stereocenters. The molecule has 1 aromatic heterocycles. The number of aryl methyl sites for hydroxylation is 1. The predicted molar refractivity (Wildman–Crippen MR) is 133 cm³/mol. The molecule has 172 valence electrons. The first-order chi connectivity index (χ1) is 15.9. The highest BCUT2D eigenvalue weighted by Crippen LogP contribution is 2.25. The van der Waals surface area contributed by atoms with E-state index in [1.165, 1.54) is 0 Å². The van der Waals surface area contributed by atoms with Crippen LogP contribution in [0, 0.1) is 12.8 Å². The van der Waals surface area contributed by atoms with Gasteiger partial charge in [-0.1, -0.05) is 62.4 Å². The van der Waals surface area contributed by atoms with Crippen molar-refractivity contribution >= 4 is 23.2 Å². The highest BCUT2D eigenvalue weighted by molar-refractivity contribution is 7.09. The van der Waals surface area contributed by atoms with E-state index in [0.717, 1.165) is 39.4 Å². The van der Waals surface area contributed by atoms with Crippen molar-refractivity contribution in [2.24, 2.45) is 5.92 Å². The van der Waals surface area contributed by atoms with Gasteiger partial charge in [-0.2, -0.15) is 0 Å². The first kappa shape index (κ1) is 23.2. The molecule has 2 amide bonds. The number of benzene rings is 2. The predicted octanol–water partition coefficient (Wildman–Crippen LogP) is 4.78. The zero-order chi connectivity index (χ0) is 23.4. The Morgan fingerprint density at radius 1 is 1.12 bits per heavy atom. The van der Waals surface area contributed by atoms with E-state index in [1.54, 1.807) is 16.2 Å². The normalized spacial score (nSPS) is 15.4. The molecule has 4 rings (SSSR count). The number of hydrogen-bond acceptors (Lipinski definition) is 4. The Labute approximate surface area is 199 Å². The summed E-state index contributed by atoms with van der Waals surface area (Å²) in [6, 6.07) is 16.0. The number of carbonyl (C=O) groups excluding carboxylic acids is 2. The molecular weight excluding hydrogens is 430 g/mol. The van der Waals surface area contributed by atoms with Crippen molar-refractivity contribution in [1.29, 1.82) is 0 Å². The Kier molecular flexibility index (Phi) is 7.23. The minimum atomic E-state index is -0.457. The molecule has 0 fully saturated rings. The number of fused-ring (bicyclic) bond motifs is 1. The van der Waals surface area contributed by atoms with Crippen LogP contribution in [0.5, 0.6) is 0 Å². The molecular formula is C27H31N3O2S. The van der Waals surface area contributed by atoms with Crippen molar-refractivity contribution < 1.29 is 9.59 Å². The molecule has 0 radical (unpaired) electrons. The second-order valence-electron chi connectivity index (χ2n) is 9.10. The van der Waals surface area contributed by atoms with Gasteiger partial charge < -0.3 is 10.2 Å².